The van der Waals surface area contributed by atoms with Crippen molar-refractivity contribution in [2.75, 3.05) is 6.61 Å². The van der Waals surface area contributed by atoms with Crippen molar-refractivity contribution in [1.29, 1.82) is 0 Å². The number of hydrogen-bond donors (Lipinski definition) is 0. The molecule has 1 aliphatic heterocycles. The van der Waals surface area contributed by atoms with Gasteiger partial charge in [-0.05, 0) is 30.4 Å². The van der Waals surface area contributed by atoms with E-state index in [4.69, 9.17) is 4.74 Å². The van der Waals surface area contributed by atoms with Crippen molar-refractivity contribution in [3.63, 3.8) is 0 Å². The van der Waals surface area contributed by atoms with Crippen LogP contribution in [0.15, 0.2) is 29.8 Å². The molecule has 0 bridgehead atoms. The van der Waals surface area contributed by atoms with E-state index in [0.717, 1.165) is 30.4 Å². The Bertz CT molecular complexity index is 457. The molecule has 2 nitrogen and oxygen atoms in total. The van der Waals surface area contributed by atoms with E-state index in [1.807, 2.05) is 18.2 Å². The highest BCUT2D eigenvalue weighted by molar-refractivity contribution is 6.19. The molecule has 0 fully saturated rings. The van der Waals surface area contributed by atoms with Crippen molar-refractivity contribution in [3.05, 3.63) is 41.0 Å². The van der Waals surface area contributed by atoms with Gasteiger partial charge in [-0.25, -0.2) is 4.79 Å². The normalized spacial score (nSPS) is 19.3. The van der Waals surface area contributed by atoms with Crippen LogP contribution in [-0.4, -0.2) is 12.6 Å². The van der Waals surface area contributed by atoms with Crippen LogP contribution < -0.4 is 0 Å². The molecule has 2 heteroatoms. The summed E-state index contributed by atoms with van der Waals surface area (Å²) in [5, 5.41) is 0. The van der Waals surface area contributed by atoms with Crippen molar-refractivity contribution >= 4 is 11.5 Å². The third-order valence-electron chi connectivity index (χ3n) is 3.10. The molecule has 0 N–H and O–H groups in total. The van der Waals surface area contributed by atoms with Crippen molar-refractivity contribution < 1.29 is 9.53 Å². The van der Waals surface area contributed by atoms with Gasteiger partial charge in [0.25, 0.3) is 0 Å². The lowest BCUT2D eigenvalue weighted by atomic mass is 10.1. The minimum atomic E-state index is -0.132. The van der Waals surface area contributed by atoms with E-state index in [-0.39, 0.29) is 5.97 Å². The lowest BCUT2D eigenvalue weighted by molar-refractivity contribution is -0.136. The highest BCUT2D eigenvalue weighted by atomic mass is 16.5. The Morgan fingerprint density at radius 1 is 1.20 bits per heavy atom. The fourth-order valence-corrected chi connectivity index (χ4v) is 2.42. The molecule has 1 aliphatic carbocycles. The van der Waals surface area contributed by atoms with Crippen LogP contribution in [-0.2, 0) is 16.0 Å². The highest BCUT2D eigenvalue weighted by Gasteiger charge is 2.28. The number of benzene rings is 1. The number of rotatable bonds is 0. The maximum atomic E-state index is 11.8. The molecule has 1 heterocycles. The smallest absolute Gasteiger partial charge is 0.338 e. The summed E-state index contributed by atoms with van der Waals surface area (Å²) >= 11 is 0. The zero-order valence-electron chi connectivity index (χ0n) is 8.45. The van der Waals surface area contributed by atoms with Crippen LogP contribution in [0.3, 0.4) is 0 Å². The van der Waals surface area contributed by atoms with E-state index in [0.29, 0.717) is 6.61 Å². The standard InChI is InChI=1S/C13H12O2/c14-13-12-10(5-3-7-15-13)8-9-4-1-2-6-11(9)12/h1-2,4,6H,3,5,7-8H2. The molecular formula is C13H12O2. The van der Waals surface area contributed by atoms with Crippen LogP contribution >= 0.6 is 0 Å². The Hall–Kier alpha value is -1.57. The van der Waals surface area contributed by atoms with Crippen LogP contribution in [0.1, 0.15) is 24.0 Å². The van der Waals surface area contributed by atoms with E-state index in [1.165, 1.54) is 11.1 Å². The second-order valence-corrected chi connectivity index (χ2v) is 4.05. The van der Waals surface area contributed by atoms with Gasteiger partial charge in [0.2, 0.25) is 0 Å². The molecule has 0 spiro atoms. The maximum absolute atomic E-state index is 11.8. The van der Waals surface area contributed by atoms with Gasteiger partial charge in [0, 0.05) is 0 Å². The van der Waals surface area contributed by atoms with Crippen LogP contribution in [0, 0.1) is 0 Å². The van der Waals surface area contributed by atoms with Crippen LogP contribution in [0.25, 0.3) is 5.57 Å². The number of cyclic esters (lactones) is 1. The minimum Gasteiger partial charge on any atom is -0.462 e. The van der Waals surface area contributed by atoms with Crippen molar-refractivity contribution in [3.8, 4) is 0 Å². The molecule has 0 saturated heterocycles. The molecule has 3 rings (SSSR count). The number of carbonyl (C=O) groups is 1. The van der Waals surface area contributed by atoms with Gasteiger partial charge in [-0.3, -0.25) is 0 Å². The fourth-order valence-electron chi connectivity index (χ4n) is 2.42. The third-order valence-corrected chi connectivity index (χ3v) is 3.10. The summed E-state index contributed by atoms with van der Waals surface area (Å²) in [5.74, 6) is -0.132. The van der Waals surface area contributed by atoms with E-state index >= 15 is 0 Å². The summed E-state index contributed by atoms with van der Waals surface area (Å²) in [6.07, 6.45) is 2.88. The number of fused-ring (bicyclic) bond motifs is 2. The molecule has 1 aromatic carbocycles. The second kappa shape index (κ2) is 3.23. The largest absolute Gasteiger partial charge is 0.462 e. The number of allylic oxidation sites excluding steroid dienone is 1. The summed E-state index contributed by atoms with van der Waals surface area (Å²) in [5.41, 5.74) is 4.45. The lowest BCUT2D eigenvalue weighted by Gasteiger charge is -2.04. The lowest BCUT2D eigenvalue weighted by Crippen LogP contribution is -2.05. The average molecular weight is 200 g/mol. The average Bonchev–Trinajstić information content (AvgIpc) is 2.53. The summed E-state index contributed by atoms with van der Waals surface area (Å²) in [6.45, 7) is 0.563. The molecule has 15 heavy (non-hydrogen) atoms. The van der Waals surface area contributed by atoms with Crippen LogP contribution in [0.2, 0.25) is 0 Å². The highest BCUT2D eigenvalue weighted by Crippen LogP contribution is 2.36. The molecule has 1 aromatic rings. The molecule has 0 atom stereocenters. The van der Waals surface area contributed by atoms with Gasteiger partial charge in [0.15, 0.2) is 0 Å². The number of ether oxygens (including phenoxy) is 1. The van der Waals surface area contributed by atoms with Gasteiger partial charge >= 0.3 is 5.97 Å². The molecule has 0 radical (unpaired) electrons. The number of carbonyl (C=O) groups excluding carboxylic acids is 1. The molecule has 0 unspecified atom stereocenters. The number of esters is 1. The Kier molecular flexibility index (Phi) is 1.88. The first-order valence-corrected chi connectivity index (χ1v) is 5.33. The zero-order valence-corrected chi connectivity index (χ0v) is 8.45. The minimum absolute atomic E-state index is 0.132. The first-order chi connectivity index (χ1) is 7.36. The molecule has 0 aromatic heterocycles. The van der Waals surface area contributed by atoms with Gasteiger partial charge < -0.3 is 4.74 Å². The Morgan fingerprint density at radius 3 is 3.00 bits per heavy atom. The second-order valence-electron chi connectivity index (χ2n) is 4.05. The van der Waals surface area contributed by atoms with Gasteiger partial charge in [-0.1, -0.05) is 29.8 Å². The summed E-state index contributed by atoms with van der Waals surface area (Å²) in [4.78, 5) is 11.8. The van der Waals surface area contributed by atoms with E-state index in [1.54, 1.807) is 0 Å². The van der Waals surface area contributed by atoms with Gasteiger partial charge in [-0.15, -0.1) is 0 Å². The van der Waals surface area contributed by atoms with Crippen LogP contribution in [0.4, 0.5) is 0 Å². The monoisotopic (exact) mass is 200 g/mol. The molecule has 2 aliphatic rings. The van der Waals surface area contributed by atoms with E-state index in [9.17, 15) is 4.79 Å². The van der Waals surface area contributed by atoms with Crippen LogP contribution in [0.5, 0.6) is 0 Å². The maximum Gasteiger partial charge on any atom is 0.338 e. The summed E-state index contributed by atoms with van der Waals surface area (Å²) in [7, 11) is 0. The Balaban J connectivity index is 2.13. The van der Waals surface area contributed by atoms with Gasteiger partial charge in [0.1, 0.15) is 0 Å². The van der Waals surface area contributed by atoms with Gasteiger partial charge in [-0.2, -0.15) is 0 Å². The molecule has 0 saturated carbocycles. The van der Waals surface area contributed by atoms with Crippen molar-refractivity contribution in [1.82, 2.24) is 0 Å². The quantitative estimate of drug-likeness (QED) is 0.601. The first kappa shape index (κ1) is 8.72. The molecule has 76 valence electrons. The molecular weight excluding hydrogens is 188 g/mol. The Morgan fingerprint density at radius 2 is 2.07 bits per heavy atom. The topological polar surface area (TPSA) is 26.3 Å². The van der Waals surface area contributed by atoms with Gasteiger partial charge in [0.05, 0.1) is 12.2 Å². The predicted octanol–water partition coefficient (Wildman–Crippen LogP) is 2.33. The summed E-state index contributed by atoms with van der Waals surface area (Å²) < 4.78 is 5.18. The SMILES string of the molecule is O=C1OCCCC2=C1c1ccccc1C2. The first-order valence-electron chi connectivity index (χ1n) is 5.33. The third kappa shape index (κ3) is 1.29. The number of hydrogen-bond acceptors (Lipinski definition) is 2. The zero-order chi connectivity index (χ0) is 10.3. The van der Waals surface area contributed by atoms with E-state index < -0.39 is 0 Å². The Labute approximate surface area is 88.6 Å². The van der Waals surface area contributed by atoms with Crippen molar-refractivity contribution in [2.24, 2.45) is 0 Å². The summed E-state index contributed by atoms with van der Waals surface area (Å²) in [6, 6.07) is 8.12. The van der Waals surface area contributed by atoms with E-state index in [2.05, 4.69) is 6.07 Å². The predicted molar refractivity (Wildman–Crippen MR) is 57.3 cm³/mol. The van der Waals surface area contributed by atoms with Crippen molar-refractivity contribution in [2.45, 2.75) is 19.3 Å². The fraction of sp³-hybridized carbons (Fsp3) is 0.308. The molecule has 0 amide bonds.